The Morgan fingerprint density at radius 2 is 1.96 bits per heavy atom. The Balaban J connectivity index is 1.70. The molecule has 26 heavy (non-hydrogen) atoms. The summed E-state index contributed by atoms with van der Waals surface area (Å²) in [7, 11) is -3.68. The van der Waals surface area contributed by atoms with Gasteiger partial charge in [0.2, 0.25) is 15.9 Å². The number of likely N-dealkylation sites (N-methyl/N-ethyl adjacent to an activating group) is 1. The third kappa shape index (κ3) is 4.34. The van der Waals surface area contributed by atoms with Crippen molar-refractivity contribution in [3.8, 4) is 0 Å². The van der Waals surface area contributed by atoms with Crippen molar-refractivity contribution in [2.24, 2.45) is 0 Å². The standard InChI is InChI=1S/C19H24N2O3S2/c1-2-21(14-19(22)20-13-17-8-5-11-25-17)26(23,24)18-10-9-15-6-3-4-7-16(15)12-18/h5,8-12H,2-4,6-7,13-14H2,1H3,(H,20,22). The summed E-state index contributed by atoms with van der Waals surface area (Å²) in [6, 6.07) is 9.24. The van der Waals surface area contributed by atoms with Crippen molar-refractivity contribution in [3.63, 3.8) is 0 Å². The van der Waals surface area contributed by atoms with Crippen molar-refractivity contribution in [2.45, 2.75) is 44.0 Å². The molecule has 1 heterocycles. The van der Waals surface area contributed by atoms with E-state index in [2.05, 4.69) is 5.32 Å². The van der Waals surface area contributed by atoms with Gasteiger partial charge in [0.1, 0.15) is 0 Å². The van der Waals surface area contributed by atoms with Gasteiger partial charge in [-0.1, -0.05) is 19.1 Å². The van der Waals surface area contributed by atoms with Gasteiger partial charge in [-0.15, -0.1) is 11.3 Å². The number of carbonyl (C=O) groups excluding carboxylic acids is 1. The summed E-state index contributed by atoms with van der Waals surface area (Å²) in [5.74, 6) is -0.290. The van der Waals surface area contributed by atoms with Crippen LogP contribution in [-0.2, 0) is 34.2 Å². The number of aryl methyl sites for hydroxylation is 2. The maximum Gasteiger partial charge on any atom is 0.243 e. The van der Waals surface area contributed by atoms with Gasteiger partial charge in [0, 0.05) is 11.4 Å². The molecule has 0 saturated carbocycles. The molecule has 0 bridgehead atoms. The van der Waals surface area contributed by atoms with Crippen molar-refractivity contribution >= 4 is 27.3 Å². The number of benzene rings is 1. The first-order valence-electron chi connectivity index (χ1n) is 8.91. The zero-order valence-electron chi connectivity index (χ0n) is 14.9. The molecule has 140 valence electrons. The highest BCUT2D eigenvalue weighted by atomic mass is 32.2. The Kier molecular flexibility index (Phi) is 6.11. The number of rotatable bonds is 7. The largest absolute Gasteiger partial charge is 0.350 e. The molecule has 3 rings (SSSR count). The molecule has 2 aromatic rings. The van der Waals surface area contributed by atoms with Crippen LogP contribution in [0.25, 0.3) is 0 Å². The van der Waals surface area contributed by atoms with Gasteiger partial charge in [-0.2, -0.15) is 4.31 Å². The second-order valence-electron chi connectivity index (χ2n) is 6.42. The Morgan fingerprint density at radius 1 is 1.19 bits per heavy atom. The van der Waals surface area contributed by atoms with Crippen LogP contribution in [0.1, 0.15) is 35.8 Å². The summed E-state index contributed by atoms with van der Waals surface area (Å²) < 4.78 is 27.2. The zero-order chi connectivity index (χ0) is 18.6. The lowest BCUT2D eigenvalue weighted by molar-refractivity contribution is -0.121. The number of nitrogens with zero attached hydrogens (tertiary/aromatic N) is 1. The molecule has 0 fully saturated rings. The lowest BCUT2D eigenvalue weighted by Gasteiger charge is -2.22. The third-order valence-electron chi connectivity index (χ3n) is 4.67. The number of hydrogen-bond donors (Lipinski definition) is 1. The van der Waals surface area contributed by atoms with E-state index in [-0.39, 0.29) is 23.9 Å². The number of hydrogen-bond acceptors (Lipinski definition) is 4. The summed E-state index contributed by atoms with van der Waals surface area (Å²) in [4.78, 5) is 13.5. The minimum absolute atomic E-state index is 0.165. The van der Waals surface area contributed by atoms with Crippen molar-refractivity contribution in [2.75, 3.05) is 13.1 Å². The number of fused-ring (bicyclic) bond motifs is 1. The highest BCUT2D eigenvalue weighted by Gasteiger charge is 2.26. The highest BCUT2D eigenvalue weighted by molar-refractivity contribution is 7.89. The van der Waals surface area contributed by atoms with Gasteiger partial charge < -0.3 is 5.32 Å². The highest BCUT2D eigenvalue weighted by Crippen LogP contribution is 2.25. The predicted octanol–water partition coefficient (Wildman–Crippen LogP) is 2.95. The van der Waals surface area contributed by atoms with E-state index in [4.69, 9.17) is 0 Å². The first-order valence-corrected chi connectivity index (χ1v) is 11.2. The Labute approximate surface area is 159 Å². The molecule has 0 atom stereocenters. The van der Waals surface area contributed by atoms with E-state index in [0.717, 1.165) is 36.1 Å². The molecule has 1 N–H and O–H groups in total. The molecule has 0 spiro atoms. The molecule has 1 aromatic carbocycles. The van der Waals surface area contributed by atoms with E-state index in [1.165, 1.54) is 9.87 Å². The average Bonchev–Trinajstić information content (AvgIpc) is 3.17. The molecule has 1 aliphatic rings. The van der Waals surface area contributed by atoms with E-state index < -0.39 is 10.0 Å². The lowest BCUT2D eigenvalue weighted by atomic mass is 9.92. The quantitative estimate of drug-likeness (QED) is 0.788. The van der Waals surface area contributed by atoms with Gasteiger partial charge in [-0.05, 0) is 60.4 Å². The smallest absolute Gasteiger partial charge is 0.243 e. The van der Waals surface area contributed by atoms with Gasteiger partial charge in [-0.25, -0.2) is 8.42 Å². The molecule has 1 amide bonds. The normalized spacial score (nSPS) is 14.2. The second kappa shape index (κ2) is 8.33. The van der Waals surface area contributed by atoms with Crippen molar-refractivity contribution in [3.05, 3.63) is 51.7 Å². The van der Waals surface area contributed by atoms with E-state index in [1.54, 1.807) is 30.4 Å². The van der Waals surface area contributed by atoms with Crippen LogP contribution in [0.4, 0.5) is 0 Å². The molecule has 0 radical (unpaired) electrons. The number of carbonyl (C=O) groups is 1. The van der Waals surface area contributed by atoms with Crippen LogP contribution < -0.4 is 5.32 Å². The van der Waals surface area contributed by atoms with E-state index in [9.17, 15) is 13.2 Å². The molecular formula is C19H24N2O3S2. The maximum absolute atomic E-state index is 13.0. The molecule has 0 saturated heterocycles. The Bertz CT molecular complexity index is 861. The third-order valence-corrected chi connectivity index (χ3v) is 7.46. The van der Waals surface area contributed by atoms with Gasteiger partial charge in [0.15, 0.2) is 0 Å². The predicted molar refractivity (Wildman–Crippen MR) is 104 cm³/mol. The second-order valence-corrected chi connectivity index (χ2v) is 9.40. The van der Waals surface area contributed by atoms with Crippen LogP contribution in [0.3, 0.4) is 0 Å². The van der Waals surface area contributed by atoms with Crippen molar-refractivity contribution in [1.82, 2.24) is 9.62 Å². The van der Waals surface area contributed by atoms with E-state index >= 15 is 0 Å². The Morgan fingerprint density at radius 3 is 2.65 bits per heavy atom. The summed E-state index contributed by atoms with van der Waals surface area (Å²) in [5, 5.41) is 4.73. The zero-order valence-corrected chi connectivity index (χ0v) is 16.5. The van der Waals surface area contributed by atoms with E-state index in [1.807, 2.05) is 23.6 Å². The van der Waals surface area contributed by atoms with Crippen LogP contribution in [-0.4, -0.2) is 31.7 Å². The van der Waals surface area contributed by atoms with Gasteiger partial charge in [0.25, 0.3) is 0 Å². The van der Waals surface area contributed by atoms with E-state index in [0.29, 0.717) is 6.54 Å². The number of nitrogens with one attached hydrogen (secondary N) is 1. The topological polar surface area (TPSA) is 66.5 Å². The molecule has 0 unspecified atom stereocenters. The van der Waals surface area contributed by atoms with Gasteiger partial charge in [-0.3, -0.25) is 4.79 Å². The van der Waals surface area contributed by atoms with Crippen LogP contribution in [0, 0.1) is 0 Å². The SMILES string of the molecule is CCN(CC(=O)NCc1cccs1)S(=O)(=O)c1ccc2c(c1)CCCC2. The lowest BCUT2D eigenvalue weighted by Crippen LogP contribution is -2.40. The maximum atomic E-state index is 13.0. The monoisotopic (exact) mass is 392 g/mol. The average molecular weight is 393 g/mol. The summed E-state index contributed by atoms with van der Waals surface area (Å²) in [6.45, 7) is 2.27. The fourth-order valence-corrected chi connectivity index (χ4v) is 5.30. The number of thiophene rings is 1. The molecular weight excluding hydrogens is 368 g/mol. The van der Waals surface area contributed by atoms with Gasteiger partial charge in [0.05, 0.1) is 18.0 Å². The summed E-state index contributed by atoms with van der Waals surface area (Å²) in [5.41, 5.74) is 2.36. The minimum Gasteiger partial charge on any atom is -0.350 e. The summed E-state index contributed by atoms with van der Waals surface area (Å²) in [6.07, 6.45) is 4.19. The van der Waals surface area contributed by atoms with Crippen LogP contribution in [0.15, 0.2) is 40.6 Å². The molecule has 7 heteroatoms. The first kappa shape index (κ1) is 19.1. The number of amides is 1. The molecule has 1 aromatic heterocycles. The fraction of sp³-hybridized carbons (Fsp3) is 0.421. The first-order chi connectivity index (χ1) is 12.5. The van der Waals surface area contributed by atoms with Crippen LogP contribution >= 0.6 is 11.3 Å². The van der Waals surface area contributed by atoms with Crippen molar-refractivity contribution in [1.29, 1.82) is 0 Å². The van der Waals surface area contributed by atoms with Gasteiger partial charge >= 0.3 is 0 Å². The fourth-order valence-electron chi connectivity index (χ4n) is 3.20. The van der Waals surface area contributed by atoms with Crippen LogP contribution in [0.2, 0.25) is 0 Å². The Hall–Kier alpha value is -1.70. The van der Waals surface area contributed by atoms with Crippen molar-refractivity contribution < 1.29 is 13.2 Å². The molecule has 1 aliphatic carbocycles. The number of sulfonamides is 1. The molecule has 0 aliphatic heterocycles. The van der Waals surface area contributed by atoms with Crippen LogP contribution in [0.5, 0.6) is 0 Å². The summed E-state index contributed by atoms with van der Waals surface area (Å²) >= 11 is 1.56. The molecule has 5 nitrogen and oxygen atoms in total. The minimum atomic E-state index is -3.68.